The van der Waals surface area contributed by atoms with Crippen LogP contribution in [0.15, 0.2) is 22.4 Å². The molecule has 1 aromatic heterocycles. The molecule has 9 heteroatoms. The van der Waals surface area contributed by atoms with Crippen LogP contribution in [0, 0.1) is 18.3 Å². The summed E-state index contributed by atoms with van der Waals surface area (Å²) in [7, 11) is 1.66. The van der Waals surface area contributed by atoms with Crippen molar-refractivity contribution in [2.24, 2.45) is 7.05 Å². The van der Waals surface area contributed by atoms with Crippen LogP contribution < -0.4 is 10.5 Å². The van der Waals surface area contributed by atoms with E-state index in [0.29, 0.717) is 45.8 Å². The Bertz CT molecular complexity index is 1040. The predicted octanol–water partition coefficient (Wildman–Crippen LogP) is 2.57. The first-order valence-electron chi connectivity index (χ1n) is 9.59. The van der Waals surface area contributed by atoms with Gasteiger partial charge in [-0.2, -0.15) is 5.26 Å². The Hall–Kier alpha value is -2.41. The maximum Gasteiger partial charge on any atom is 0.270 e. The number of anilines is 1. The van der Waals surface area contributed by atoms with Gasteiger partial charge in [0.05, 0.1) is 17.1 Å². The van der Waals surface area contributed by atoms with Crippen molar-refractivity contribution in [1.82, 2.24) is 9.47 Å². The average Bonchev–Trinajstić information content (AvgIpc) is 2.93. The summed E-state index contributed by atoms with van der Waals surface area (Å²) in [5.41, 5.74) is 0.946. The number of nitrogens with zero attached hydrogens (tertiary/aromatic N) is 4. The zero-order valence-corrected chi connectivity index (χ0v) is 19.1. The van der Waals surface area contributed by atoms with Gasteiger partial charge in [0.25, 0.3) is 11.5 Å². The molecule has 0 bridgehead atoms. The summed E-state index contributed by atoms with van der Waals surface area (Å²) in [5, 5.41) is 9.57. The van der Waals surface area contributed by atoms with Crippen molar-refractivity contribution in [3.05, 3.63) is 44.6 Å². The number of carbonyl (C=O) groups is 1. The molecule has 30 heavy (non-hydrogen) atoms. The second-order valence-electron chi connectivity index (χ2n) is 7.46. The molecule has 0 radical (unpaired) electrons. The van der Waals surface area contributed by atoms with E-state index in [1.54, 1.807) is 26.1 Å². The number of hydrogen-bond acceptors (Lipinski definition) is 7. The van der Waals surface area contributed by atoms with Gasteiger partial charge in [0.15, 0.2) is 0 Å². The first-order valence-corrected chi connectivity index (χ1v) is 10.8. The van der Waals surface area contributed by atoms with Crippen molar-refractivity contribution < 1.29 is 9.53 Å². The summed E-state index contributed by atoms with van der Waals surface area (Å²) in [4.78, 5) is 29.7. The molecule has 2 atom stereocenters. The van der Waals surface area contributed by atoms with Crippen LogP contribution in [0.2, 0.25) is 0 Å². The van der Waals surface area contributed by atoms with Gasteiger partial charge in [-0.15, -0.1) is 6.58 Å². The third-order valence-corrected chi connectivity index (χ3v) is 6.53. The van der Waals surface area contributed by atoms with Crippen LogP contribution in [0.5, 0.6) is 0 Å². The van der Waals surface area contributed by atoms with Crippen LogP contribution in [0.1, 0.15) is 30.5 Å². The number of thiocarbonyl (C=S) groups is 1. The van der Waals surface area contributed by atoms with Crippen LogP contribution in [-0.4, -0.2) is 51.5 Å². The van der Waals surface area contributed by atoms with Gasteiger partial charge in [0, 0.05) is 32.2 Å². The van der Waals surface area contributed by atoms with Gasteiger partial charge in [-0.05, 0) is 32.4 Å². The van der Waals surface area contributed by atoms with Gasteiger partial charge in [0.2, 0.25) is 0 Å². The van der Waals surface area contributed by atoms with Crippen LogP contribution >= 0.6 is 24.0 Å². The van der Waals surface area contributed by atoms with E-state index in [0.717, 1.165) is 0 Å². The van der Waals surface area contributed by atoms with Crippen LogP contribution in [0.4, 0.5) is 5.82 Å². The number of thioether (sulfide) groups is 1. The molecule has 0 aliphatic carbocycles. The normalized spacial score (nSPS) is 23.2. The van der Waals surface area contributed by atoms with E-state index in [-0.39, 0.29) is 29.2 Å². The fraction of sp³-hybridized carbons (Fsp3) is 0.429. The monoisotopic (exact) mass is 444 g/mol. The standard InChI is InChI=1S/C21H24N4O3S2/c1-6-7-25-20(27)17(30-21(25)29)8-15-14(4)16(9-22)19(26)23(5)18(15)24-10-12(2)28-13(3)11-24/h6,8,12-13H,1,7,10-11H2,2-5H3/b17-8-/t12-,13+. The number of aromatic nitrogens is 1. The number of amides is 1. The first-order chi connectivity index (χ1) is 14.2. The van der Waals surface area contributed by atoms with E-state index < -0.39 is 0 Å². The highest BCUT2D eigenvalue weighted by molar-refractivity contribution is 8.26. The molecule has 2 aliphatic rings. The lowest BCUT2D eigenvalue weighted by molar-refractivity contribution is -0.121. The summed E-state index contributed by atoms with van der Waals surface area (Å²) >= 11 is 6.55. The van der Waals surface area contributed by atoms with Crippen molar-refractivity contribution in [3.63, 3.8) is 0 Å². The Labute approximate surface area is 185 Å². The van der Waals surface area contributed by atoms with Gasteiger partial charge < -0.3 is 9.64 Å². The van der Waals surface area contributed by atoms with Gasteiger partial charge in [-0.3, -0.25) is 19.1 Å². The molecule has 2 fully saturated rings. The highest BCUT2D eigenvalue weighted by atomic mass is 32.2. The fourth-order valence-electron chi connectivity index (χ4n) is 3.86. The van der Waals surface area contributed by atoms with Gasteiger partial charge >= 0.3 is 0 Å². The molecule has 0 aromatic carbocycles. The number of hydrogen-bond donors (Lipinski definition) is 0. The maximum atomic E-state index is 12.9. The minimum atomic E-state index is -0.354. The molecule has 0 unspecified atom stereocenters. The van der Waals surface area contributed by atoms with E-state index in [9.17, 15) is 14.9 Å². The van der Waals surface area contributed by atoms with Crippen molar-refractivity contribution in [1.29, 1.82) is 5.26 Å². The minimum absolute atomic E-state index is 0.0153. The molecule has 158 valence electrons. The molecular weight excluding hydrogens is 420 g/mol. The summed E-state index contributed by atoms with van der Waals surface area (Å²) in [6, 6.07) is 2.02. The molecule has 2 saturated heterocycles. The van der Waals surface area contributed by atoms with Crippen LogP contribution in [-0.2, 0) is 16.6 Å². The van der Waals surface area contributed by atoms with Crippen molar-refractivity contribution in [2.75, 3.05) is 24.5 Å². The molecule has 1 aromatic rings. The fourth-order valence-corrected chi connectivity index (χ4v) is 5.12. The topological polar surface area (TPSA) is 78.6 Å². The summed E-state index contributed by atoms with van der Waals surface area (Å²) in [6.45, 7) is 10.9. The van der Waals surface area contributed by atoms with E-state index in [1.807, 2.05) is 19.9 Å². The largest absolute Gasteiger partial charge is 0.372 e. The lowest BCUT2D eigenvalue weighted by Gasteiger charge is -2.38. The zero-order chi connectivity index (χ0) is 22.2. The van der Waals surface area contributed by atoms with Gasteiger partial charge in [-0.1, -0.05) is 30.1 Å². The van der Waals surface area contributed by atoms with Crippen LogP contribution in [0.25, 0.3) is 6.08 Å². The Morgan fingerprint density at radius 1 is 1.33 bits per heavy atom. The summed E-state index contributed by atoms with van der Waals surface area (Å²) in [6.07, 6.45) is 3.34. The number of ether oxygens (including phenoxy) is 1. The van der Waals surface area contributed by atoms with E-state index in [1.165, 1.54) is 21.2 Å². The number of morpholine rings is 1. The smallest absolute Gasteiger partial charge is 0.270 e. The molecule has 0 spiro atoms. The Balaban J connectivity index is 2.21. The Kier molecular flexibility index (Phi) is 6.50. The third kappa shape index (κ3) is 3.95. The molecule has 3 heterocycles. The molecule has 0 saturated carbocycles. The highest BCUT2D eigenvalue weighted by Crippen LogP contribution is 2.36. The average molecular weight is 445 g/mol. The molecule has 0 N–H and O–H groups in total. The summed E-state index contributed by atoms with van der Waals surface area (Å²) in [5.74, 6) is 0.471. The first kappa shape index (κ1) is 22.3. The lowest BCUT2D eigenvalue weighted by Crippen LogP contribution is -2.47. The second kappa shape index (κ2) is 8.76. The predicted molar refractivity (Wildman–Crippen MR) is 123 cm³/mol. The molecule has 7 nitrogen and oxygen atoms in total. The highest BCUT2D eigenvalue weighted by Gasteiger charge is 2.33. The lowest BCUT2D eigenvalue weighted by atomic mass is 10.0. The zero-order valence-electron chi connectivity index (χ0n) is 17.5. The molecule has 2 aliphatic heterocycles. The Morgan fingerprint density at radius 2 is 1.97 bits per heavy atom. The number of nitriles is 1. The molecular formula is C21H24N4O3S2. The van der Waals surface area contributed by atoms with E-state index in [2.05, 4.69) is 11.5 Å². The molecule has 3 rings (SSSR count). The summed E-state index contributed by atoms with van der Waals surface area (Å²) < 4.78 is 7.80. The Morgan fingerprint density at radius 3 is 2.53 bits per heavy atom. The number of rotatable bonds is 4. The van der Waals surface area contributed by atoms with Crippen molar-refractivity contribution >= 4 is 46.1 Å². The minimum Gasteiger partial charge on any atom is -0.372 e. The van der Waals surface area contributed by atoms with Crippen molar-refractivity contribution in [2.45, 2.75) is 33.0 Å². The van der Waals surface area contributed by atoms with E-state index >= 15 is 0 Å². The van der Waals surface area contributed by atoms with Gasteiger partial charge in [0.1, 0.15) is 21.8 Å². The van der Waals surface area contributed by atoms with Gasteiger partial charge in [-0.25, -0.2) is 0 Å². The second-order valence-corrected chi connectivity index (χ2v) is 9.13. The van der Waals surface area contributed by atoms with Crippen molar-refractivity contribution in [3.8, 4) is 6.07 Å². The SMILES string of the molecule is C=CCN1C(=O)/C(=C/c2c(C)c(C#N)c(=O)n(C)c2N2C[C@@H](C)O[C@@H](C)C2)SC1=S. The number of pyridine rings is 1. The van der Waals surface area contributed by atoms with Crippen LogP contribution in [0.3, 0.4) is 0 Å². The number of carbonyl (C=O) groups excluding carboxylic acids is 1. The third-order valence-electron chi connectivity index (χ3n) is 5.15. The quantitative estimate of drug-likeness (QED) is 0.401. The molecule has 1 amide bonds. The maximum absolute atomic E-state index is 12.9. The van der Waals surface area contributed by atoms with E-state index in [4.69, 9.17) is 17.0 Å².